The summed E-state index contributed by atoms with van der Waals surface area (Å²) in [4.78, 5) is 36.5. The zero-order valence-corrected chi connectivity index (χ0v) is 17.0. The van der Waals surface area contributed by atoms with Crippen molar-refractivity contribution in [1.29, 1.82) is 0 Å². The molecule has 0 aliphatic carbocycles. The van der Waals surface area contributed by atoms with Crippen LogP contribution in [0, 0.1) is 0 Å². The smallest absolute Gasteiger partial charge is 0.412 e. The fourth-order valence-electron chi connectivity index (χ4n) is 2.29. The van der Waals surface area contributed by atoms with E-state index in [-0.39, 0.29) is 0 Å². The highest BCUT2D eigenvalue weighted by molar-refractivity contribution is 6.01. The third-order valence-corrected chi connectivity index (χ3v) is 3.63. The lowest BCUT2D eigenvalue weighted by molar-refractivity contribution is -0.117. The number of amides is 3. The maximum atomic E-state index is 12.4. The van der Waals surface area contributed by atoms with E-state index in [0.29, 0.717) is 22.7 Å². The van der Waals surface area contributed by atoms with Gasteiger partial charge in [-0.25, -0.2) is 4.79 Å². The average molecular weight is 403 g/mol. The summed E-state index contributed by atoms with van der Waals surface area (Å²) in [6.07, 6.45) is 2.01. The molecule has 0 radical (unpaired) electrons. The van der Waals surface area contributed by atoms with Crippen LogP contribution in [-0.4, -0.2) is 36.7 Å². The molecule has 0 fully saturated rings. The lowest BCUT2D eigenvalue weighted by atomic mass is 10.2. The predicted molar refractivity (Wildman–Crippen MR) is 107 cm³/mol. The lowest BCUT2D eigenvalue weighted by Gasteiger charge is -2.20. The number of hydrogen-bond acceptors (Lipinski definition) is 6. The number of carbonyl (C=O) groups is 3. The van der Waals surface area contributed by atoms with Gasteiger partial charge < -0.3 is 24.5 Å². The normalized spacial score (nSPS) is 11.9. The van der Waals surface area contributed by atoms with Crippen molar-refractivity contribution in [2.75, 3.05) is 17.7 Å². The van der Waals surface area contributed by atoms with E-state index in [2.05, 4.69) is 16.0 Å². The van der Waals surface area contributed by atoms with Crippen LogP contribution < -0.4 is 20.7 Å². The van der Waals surface area contributed by atoms with Gasteiger partial charge in [-0.1, -0.05) is 0 Å². The SMILES string of the molecule is COc1ccc(NC(=O)C(C)NC(=O)c2ccoc2)cc1NC(=O)OC(C)(C)C. The molecule has 9 nitrogen and oxygen atoms in total. The topological polar surface area (TPSA) is 119 Å². The zero-order chi connectivity index (χ0) is 21.6. The lowest BCUT2D eigenvalue weighted by Crippen LogP contribution is -2.41. The summed E-state index contributed by atoms with van der Waals surface area (Å²) < 4.78 is 15.3. The van der Waals surface area contributed by atoms with Crippen LogP contribution >= 0.6 is 0 Å². The minimum Gasteiger partial charge on any atom is -0.495 e. The molecule has 3 amide bonds. The molecule has 0 aliphatic heterocycles. The van der Waals surface area contributed by atoms with Crippen molar-refractivity contribution in [2.45, 2.75) is 39.3 Å². The summed E-state index contributed by atoms with van der Waals surface area (Å²) in [7, 11) is 1.46. The number of rotatable bonds is 6. The summed E-state index contributed by atoms with van der Waals surface area (Å²) in [5.41, 5.74) is 0.394. The van der Waals surface area contributed by atoms with Crippen molar-refractivity contribution in [2.24, 2.45) is 0 Å². The second kappa shape index (κ2) is 9.13. The van der Waals surface area contributed by atoms with Crippen molar-refractivity contribution in [1.82, 2.24) is 5.32 Å². The summed E-state index contributed by atoms with van der Waals surface area (Å²) >= 11 is 0. The monoisotopic (exact) mass is 403 g/mol. The molecule has 1 aromatic heterocycles. The van der Waals surface area contributed by atoms with Crippen LogP contribution in [0.1, 0.15) is 38.1 Å². The molecular weight excluding hydrogens is 378 g/mol. The van der Waals surface area contributed by atoms with Crippen molar-refractivity contribution < 1.29 is 28.3 Å². The van der Waals surface area contributed by atoms with Crippen LogP contribution in [-0.2, 0) is 9.53 Å². The largest absolute Gasteiger partial charge is 0.495 e. The van der Waals surface area contributed by atoms with Gasteiger partial charge in [0, 0.05) is 5.69 Å². The Kier molecular flexibility index (Phi) is 6.87. The summed E-state index contributed by atoms with van der Waals surface area (Å²) in [5.74, 6) is -0.464. The molecule has 2 aromatic rings. The van der Waals surface area contributed by atoms with Gasteiger partial charge in [0.05, 0.1) is 24.6 Å². The minimum atomic E-state index is -0.804. The molecule has 0 aliphatic rings. The molecule has 156 valence electrons. The highest BCUT2D eigenvalue weighted by atomic mass is 16.6. The molecule has 0 spiro atoms. The van der Waals surface area contributed by atoms with Crippen molar-refractivity contribution in [3.05, 3.63) is 42.4 Å². The quantitative estimate of drug-likeness (QED) is 0.680. The fraction of sp³-hybridized carbons (Fsp3) is 0.350. The molecule has 0 bridgehead atoms. The number of benzene rings is 1. The van der Waals surface area contributed by atoms with Gasteiger partial charge in [-0.05, 0) is 52.0 Å². The van der Waals surface area contributed by atoms with Crippen LogP contribution in [0.5, 0.6) is 5.75 Å². The fourth-order valence-corrected chi connectivity index (χ4v) is 2.29. The number of furan rings is 1. The minimum absolute atomic E-state index is 0.318. The Labute approximate surface area is 168 Å². The van der Waals surface area contributed by atoms with Gasteiger partial charge in [-0.2, -0.15) is 0 Å². The van der Waals surface area contributed by atoms with Gasteiger partial charge in [-0.3, -0.25) is 14.9 Å². The number of ether oxygens (including phenoxy) is 2. The van der Waals surface area contributed by atoms with Crippen molar-refractivity contribution >= 4 is 29.3 Å². The average Bonchev–Trinajstić information content (AvgIpc) is 3.15. The van der Waals surface area contributed by atoms with Crippen molar-refractivity contribution in [3.8, 4) is 5.75 Å². The molecule has 9 heteroatoms. The van der Waals surface area contributed by atoms with Crippen LogP contribution in [0.25, 0.3) is 0 Å². The third-order valence-electron chi connectivity index (χ3n) is 3.63. The van der Waals surface area contributed by atoms with E-state index < -0.39 is 29.6 Å². The standard InChI is InChI=1S/C20H25N3O6/c1-12(21-18(25)13-8-9-28-11-13)17(24)22-14-6-7-16(27-5)15(10-14)23-19(26)29-20(2,3)4/h6-12H,1-5H3,(H,21,25)(H,22,24)(H,23,26). The molecule has 0 saturated heterocycles. The Morgan fingerprint density at radius 3 is 2.41 bits per heavy atom. The molecule has 3 N–H and O–H groups in total. The Morgan fingerprint density at radius 2 is 1.83 bits per heavy atom. The van der Waals surface area contributed by atoms with E-state index in [0.717, 1.165) is 0 Å². The molecule has 1 aromatic carbocycles. The molecule has 1 heterocycles. The first-order valence-corrected chi connectivity index (χ1v) is 8.91. The van der Waals surface area contributed by atoms with E-state index in [9.17, 15) is 14.4 Å². The first-order valence-electron chi connectivity index (χ1n) is 8.91. The van der Waals surface area contributed by atoms with E-state index in [4.69, 9.17) is 13.9 Å². The first kappa shape index (κ1) is 21.8. The Bertz CT molecular complexity index is 871. The number of carbonyl (C=O) groups excluding carboxylic acids is 3. The predicted octanol–water partition coefficient (Wildman–Crippen LogP) is 3.39. The highest BCUT2D eigenvalue weighted by Gasteiger charge is 2.20. The van der Waals surface area contributed by atoms with Gasteiger partial charge in [0.25, 0.3) is 5.91 Å². The zero-order valence-electron chi connectivity index (χ0n) is 17.0. The third kappa shape index (κ3) is 6.56. The summed E-state index contributed by atoms with van der Waals surface area (Å²) in [6, 6.07) is 5.43. The van der Waals surface area contributed by atoms with Crippen molar-refractivity contribution in [3.63, 3.8) is 0 Å². The number of methoxy groups -OCH3 is 1. The van der Waals surface area contributed by atoms with Crippen LogP contribution in [0.15, 0.2) is 41.2 Å². The Hall–Kier alpha value is -3.49. The molecule has 0 saturated carbocycles. The Morgan fingerprint density at radius 1 is 1.10 bits per heavy atom. The maximum Gasteiger partial charge on any atom is 0.412 e. The first-order chi connectivity index (χ1) is 13.6. The van der Waals surface area contributed by atoms with Gasteiger partial charge in [-0.15, -0.1) is 0 Å². The number of anilines is 2. The van der Waals surface area contributed by atoms with Crippen LogP contribution in [0.4, 0.5) is 16.2 Å². The molecule has 2 rings (SSSR count). The van der Waals surface area contributed by atoms with Gasteiger partial charge in [0.15, 0.2) is 0 Å². The summed E-state index contributed by atoms with van der Waals surface area (Å²) in [5, 5.41) is 7.85. The van der Waals surface area contributed by atoms with E-state index in [1.807, 2.05) is 0 Å². The van der Waals surface area contributed by atoms with Crippen LogP contribution in [0.2, 0.25) is 0 Å². The van der Waals surface area contributed by atoms with E-state index >= 15 is 0 Å². The van der Waals surface area contributed by atoms with Crippen LogP contribution in [0.3, 0.4) is 0 Å². The molecule has 1 unspecified atom stereocenters. The van der Waals surface area contributed by atoms with E-state index in [1.165, 1.54) is 31.8 Å². The summed E-state index contributed by atoms with van der Waals surface area (Å²) in [6.45, 7) is 6.80. The second-order valence-electron chi connectivity index (χ2n) is 7.24. The van der Waals surface area contributed by atoms with Gasteiger partial charge in [0.1, 0.15) is 23.7 Å². The number of hydrogen-bond donors (Lipinski definition) is 3. The molecule has 29 heavy (non-hydrogen) atoms. The van der Waals surface area contributed by atoms with E-state index in [1.54, 1.807) is 39.8 Å². The molecular formula is C20H25N3O6. The molecule has 1 atom stereocenters. The Balaban J connectivity index is 2.05. The maximum absolute atomic E-state index is 12.4. The second-order valence-corrected chi connectivity index (χ2v) is 7.24. The van der Waals surface area contributed by atoms with Gasteiger partial charge in [0.2, 0.25) is 5.91 Å². The highest BCUT2D eigenvalue weighted by Crippen LogP contribution is 2.28. The van der Waals surface area contributed by atoms with Gasteiger partial charge >= 0.3 is 6.09 Å². The number of nitrogens with one attached hydrogen (secondary N) is 3.